The van der Waals surface area contributed by atoms with Crippen LogP contribution in [0, 0.1) is 0 Å². The van der Waals surface area contributed by atoms with Crippen molar-refractivity contribution >= 4 is 12.0 Å². The predicted molar refractivity (Wildman–Crippen MR) is 76.1 cm³/mol. The Labute approximate surface area is 124 Å². The molecule has 3 aromatic rings. The number of carbonyl (C=O) groups is 1. The number of aromatic nitrogens is 4. The van der Waals surface area contributed by atoms with Gasteiger partial charge in [0.2, 0.25) is 0 Å². The van der Waals surface area contributed by atoms with Crippen molar-refractivity contribution in [2.45, 2.75) is 6.54 Å². The number of nitrogens with zero attached hydrogens (tertiary/aromatic N) is 4. The number of carboxylic acids is 1. The van der Waals surface area contributed by atoms with E-state index in [9.17, 15) is 4.79 Å². The molecule has 0 aliphatic rings. The molecule has 0 spiro atoms. The highest BCUT2D eigenvalue weighted by Crippen LogP contribution is 2.16. The number of aromatic carboxylic acids is 1. The van der Waals surface area contributed by atoms with Crippen LogP contribution in [0.4, 0.5) is 6.01 Å². The fourth-order valence-corrected chi connectivity index (χ4v) is 1.75. The third kappa shape index (κ3) is 3.06. The number of hydrogen-bond acceptors (Lipinski definition) is 7. The van der Waals surface area contributed by atoms with Crippen LogP contribution in [0.2, 0.25) is 0 Å². The van der Waals surface area contributed by atoms with Crippen molar-refractivity contribution in [1.29, 1.82) is 0 Å². The maximum Gasteiger partial charge on any atom is 0.335 e. The van der Waals surface area contributed by atoms with Crippen LogP contribution in [-0.2, 0) is 6.54 Å². The summed E-state index contributed by atoms with van der Waals surface area (Å²) >= 11 is 0. The molecule has 0 amide bonds. The van der Waals surface area contributed by atoms with Crippen LogP contribution in [-0.4, -0.2) is 31.2 Å². The standard InChI is InChI=1S/C14H11N5O3/c20-13(21)10-3-1-9(2-4-10)7-17-14-19-18-12(22-14)11-8-15-5-6-16-11/h1-6,8H,7H2,(H,17,19)(H,20,21). The van der Waals surface area contributed by atoms with Gasteiger partial charge >= 0.3 is 12.0 Å². The van der Waals surface area contributed by atoms with E-state index in [0.717, 1.165) is 5.56 Å². The molecule has 8 nitrogen and oxygen atoms in total. The van der Waals surface area contributed by atoms with Crippen LogP contribution in [0.15, 0.2) is 47.3 Å². The van der Waals surface area contributed by atoms with Crippen molar-refractivity contribution in [2.75, 3.05) is 5.32 Å². The highest BCUT2D eigenvalue weighted by Gasteiger charge is 2.09. The van der Waals surface area contributed by atoms with E-state index in [1.165, 1.54) is 24.5 Å². The van der Waals surface area contributed by atoms with Gasteiger partial charge in [-0.2, -0.15) is 0 Å². The average molecular weight is 297 g/mol. The van der Waals surface area contributed by atoms with Gasteiger partial charge in [0.05, 0.1) is 11.8 Å². The molecule has 3 rings (SSSR count). The molecule has 0 radical (unpaired) electrons. The topological polar surface area (TPSA) is 114 Å². The summed E-state index contributed by atoms with van der Waals surface area (Å²) in [5, 5.41) is 19.5. The molecule has 0 saturated carbocycles. The molecule has 2 aromatic heterocycles. The number of hydrogen-bond donors (Lipinski definition) is 2. The van der Waals surface area contributed by atoms with Gasteiger partial charge in [0, 0.05) is 18.9 Å². The first-order valence-electron chi connectivity index (χ1n) is 6.38. The molecule has 0 saturated heterocycles. The summed E-state index contributed by atoms with van der Waals surface area (Å²) in [6, 6.07) is 6.77. The van der Waals surface area contributed by atoms with Gasteiger partial charge in [-0.25, -0.2) is 9.78 Å². The van der Waals surface area contributed by atoms with E-state index in [0.29, 0.717) is 12.2 Å². The molecular formula is C14H11N5O3. The van der Waals surface area contributed by atoms with Crippen LogP contribution in [0.25, 0.3) is 11.6 Å². The lowest BCUT2D eigenvalue weighted by Crippen LogP contribution is -2.01. The Balaban J connectivity index is 1.65. The Morgan fingerprint density at radius 3 is 2.68 bits per heavy atom. The minimum Gasteiger partial charge on any atom is -0.478 e. The molecule has 0 atom stereocenters. The number of carboxylic acid groups (broad SMARTS) is 1. The normalized spacial score (nSPS) is 10.4. The largest absolute Gasteiger partial charge is 0.478 e. The quantitative estimate of drug-likeness (QED) is 0.733. The minimum absolute atomic E-state index is 0.242. The zero-order valence-corrected chi connectivity index (χ0v) is 11.3. The second-order valence-corrected chi connectivity index (χ2v) is 4.36. The smallest absolute Gasteiger partial charge is 0.335 e. The summed E-state index contributed by atoms with van der Waals surface area (Å²) in [5.74, 6) is -0.679. The molecule has 0 aliphatic heterocycles. The molecular weight excluding hydrogens is 286 g/mol. The summed E-state index contributed by atoms with van der Waals surface area (Å²) in [5.41, 5.74) is 1.63. The third-order valence-corrected chi connectivity index (χ3v) is 2.85. The molecule has 0 unspecified atom stereocenters. The Kier molecular flexibility index (Phi) is 3.73. The molecule has 1 aromatic carbocycles. The van der Waals surface area contributed by atoms with E-state index in [4.69, 9.17) is 9.52 Å². The highest BCUT2D eigenvalue weighted by molar-refractivity contribution is 5.87. The zero-order chi connectivity index (χ0) is 15.4. The number of rotatable bonds is 5. The van der Waals surface area contributed by atoms with Gasteiger partial charge in [0.25, 0.3) is 5.89 Å². The Morgan fingerprint density at radius 1 is 1.18 bits per heavy atom. The predicted octanol–water partition coefficient (Wildman–Crippen LogP) is 1.84. The van der Waals surface area contributed by atoms with Gasteiger partial charge in [-0.05, 0) is 17.7 Å². The maximum absolute atomic E-state index is 10.8. The van der Waals surface area contributed by atoms with Gasteiger partial charge < -0.3 is 14.8 Å². The first-order chi connectivity index (χ1) is 10.7. The first-order valence-corrected chi connectivity index (χ1v) is 6.38. The van der Waals surface area contributed by atoms with Crippen LogP contribution in [0.1, 0.15) is 15.9 Å². The average Bonchev–Trinajstić information content (AvgIpc) is 3.03. The van der Waals surface area contributed by atoms with Crippen molar-refractivity contribution in [1.82, 2.24) is 20.2 Å². The Morgan fingerprint density at radius 2 is 2.00 bits per heavy atom. The summed E-state index contributed by atoms with van der Waals surface area (Å²) in [4.78, 5) is 18.8. The molecule has 22 heavy (non-hydrogen) atoms. The van der Waals surface area contributed by atoms with Gasteiger partial charge in [-0.1, -0.05) is 17.2 Å². The van der Waals surface area contributed by atoms with Crippen LogP contribution in [0.3, 0.4) is 0 Å². The molecule has 2 N–H and O–H groups in total. The van der Waals surface area contributed by atoms with Gasteiger partial charge in [0.15, 0.2) is 0 Å². The van der Waals surface area contributed by atoms with Gasteiger partial charge in [0.1, 0.15) is 5.69 Å². The lowest BCUT2D eigenvalue weighted by atomic mass is 10.1. The summed E-state index contributed by atoms with van der Waals surface area (Å²) < 4.78 is 5.42. The number of nitrogens with one attached hydrogen (secondary N) is 1. The lowest BCUT2D eigenvalue weighted by molar-refractivity contribution is 0.0697. The molecule has 2 heterocycles. The Hall–Kier alpha value is -3.29. The van der Waals surface area contributed by atoms with E-state index in [-0.39, 0.29) is 17.5 Å². The molecule has 0 bridgehead atoms. The minimum atomic E-state index is -0.954. The van der Waals surface area contributed by atoms with Crippen molar-refractivity contribution in [3.05, 3.63) is 54.0 Å². The second kappa shape index (κ2) is 6.00. The summed E-state index contributed by atoms with van der Waals surface area (Å²) in [7, 11) is 0. The number of anilines is 1. The fourth-order valence-electron chi connectivity index (χ4n) is 1.75. The van der Waals surface area contributed by atoms with E-state index in [2.05, 4.69) is 25.5 Å². The SMILES string of the molecule is O=C(O)c1ccc(CNc2nnc(-c3cnccn3)o2)cc1. The molecule has 0 fully saturated rings. The Bertz CT molecular complexity index is 771. The molecule has 8 heteroatoms. The van der Waals surface area contributed by atoms with Crippen molar-refractivity contribution in [3.8, 4) is 11.6 Å². The second-order valence-electron chi connectivity index (χ2n) is 4.36. The van der Waals surface area contributed by atoms with Crippen LogP contribution < -0.4 is 5.32 Å². The van der Waals surface area contributed by atoms with Gasteiger partial charge in [-0.15, -0.1) is 5.10 Å². The van der Waals surface area contributed by atoms with Crippen LogP contribution in [0.5, 0.6) is 0 Å². The van der Waals surface area contributed by atoms with E-state index in [1.54, 1.807) is 18.3 Å². The first kappa shape index (κ1) is 13.7. The van der Waals surface area contributed by atoms with E-state index < -0.39 is 5.97 Å². The molecule has 110 valence electrons. The van der Waals surface area contributed by atoms with Crippen LogP contribution >= 0.6 is 0 Å². The highest BCUT2D eigenvalue weighted by atomic mass is 16.4. The zero-order valence-electron chi connectivity index (χ0n) is 11.3. The summed E-state index contributed by atoms with van der Waals surface area (Å²) in [6.07, 6.45) is 4.62. The van der Waals surface area contributed by atoms with Crippen molar-refractivity contribution in [3.63, 3.8) is 0 Å². The lowest BCUT2D eigenvalue weighted by Gasteiger charge is -2.02. The van der Waals surface area contributed by atoms with Crippen molar-refractivity contribution < 1.29 is 14.3 Å². The summed E-state index contributed by atoms with van der Waals surface area (Å²) in [6.45, 7) is 0.433. The van der Waals surface area contributed by atoms with Crippen molar-refractivity contribution in [2.24, 2.45) is 0 Å². The fraction of sp³-hybridized carbons (Fsp3) is 0.0714. The third-order valence-electron chi connectivity index (χ3n) is 2.85. The van der Waals surface area contributed by atoms with E-state index >= 15 is 0 Å². The number of benzene rings is 1. The van der Waals surface area contributed by atoms with Gasteiger partial charge in [-0.3, -0.25) is 4.98 Å². The van der Waals surface area contributed by atoms with E-state index in [1.807, 2.05) is 0 Å². The maximum atomic E-state index is 10.8. The monoisotopic (exact) mass is 297 g/mol. The molecule has 0 aliphatic carbocycles.